The number of amides is 1. The molecule has 2 rings (SSSR count). The Morgan fingerprint density at radius 1 is 1.29 bits per heavy atom. The topological polar surface area (TPSA) is 71.9 Å². The number of aromatic nitrogens is 1. The minimum absolute atomic E-state index is 0.0758. The van der Waals surface area contributed by atoms with Crippen LogP contribution in [0.3, 0.4) is 0 Å². The van der Waals surface area contributed by atoms with Crippen LogP contribution in [0.2, 0.25) is 0 Å². The van der Waals surface area contributed by atoms with Crippen LogP contribution < -0.4 is 11.2 Å². The van der Waals surface area contributed by atoms with E-state index >= 15 is 0 Å². The van der Waals surface area contributed by atoms with E-state index in [0.29, 0.717) is 4.47 Å². The Balaban J connectivity index is 2.72. The van der Waals surface area contributed by atoms with Crippen LogP contribution >= 0.6 is 15.9 Å². The molecule has 0 saturated carbocycles. The highest BCUT2D eigenvalue weighted by Gasteiger charge is 2.08. The average Bonchev–Trinajstić information content (AvgIpc) is 2.32. The third-order valence-corrected chi connectivity index (χ3v) is 2.76. The number of carbonyl (C=O) groups excluding carboxylic acids is 1. The first-order chi connectivity index (χ1) is 8.09. The summed E-state index contributed by atoms with van der Waals surface area (Å²) in [6.07, 6.45) is 1.73. The first kappa shape index (κ1) is 11.6. The molecule has 1 aromatic carbocycles. The number of primary amides is 1. The van der Waals surface area contributed by atoms with Crippen LogP contribution in [-0.2, 0) is 0 Å². The number of pyridine rings is 1. The molecule has 1 aromatic heterocycles. The normalized spacial score (nSPS) is 10.2. The maximum Gasteiger partial charge on any atom is 0.252 e. The predicted octanol–water partition coefficient (Wildman–Crippen LogP) is 1.82. The monoisotopic (exact) mass is 291 g/mol. The molecule has 4 nitrogen and oxygen atoms in total. The van der Waals surface area contributed by atoms with E-state index < -0.39 is 5.91 Å². The molecule has 1 amide bonds. The number of halogens is 1. The zero-order valence-corrected chi connectivity index (χ0v) is 10.4. The standard InChI is InChI=1S/C12H10BrN3O/c13-8-6-10(12(15)17)11(14)16(7-8)9-4-2-1-3-5-9/h1-7,14H,(H2,15,17). The van der Waals surface area contributed by atoms with Crippen LogP contribution in [0.4, 0.5) is 0 Å². The fourth-order valence-electron chi connectivity index (χ4n) is 1.54. The van der Waals surface area contributed by atoms with Gasteiger partial charge in [0, 0.05) is 16.4 Å². The zero-order chi connectivity index (χ0) is 12.4. The molecule has 0 spiro atoms. The summed E-state index contributed by atoms with van der Waals surface area (Å²) in [6, 6.07) is 10.9. The number of nitrogens with two attached hydrogens (primary N) is 1. The summed E-state index contributed by atoms with van der Waals surface area (Å²) in [5, 5.41) is 7.95. The minimum Gasteiger partial charge on any atom is -0.365 e. The van der Waals surface area contributed by atoms with E-state index in [2.05, 4.69) is 15.9 Å². The van der Waals surface area contributed by atoms with Gasteiger partial charge in [-0.15, -0.1) is 0 Å². The van der Waals surface area contributed by atoms with Crippen molar-refractivity contribution in [3.8, 4) is 5.69 Å². The van der Waals surface area contributed by atoms with E-state index in [9.17, 15) is 4.79 Å². The van der Waals surface area contributed by atoms with Crippen molar-refractivity contribution in [1.82, 2.24) is 4.57 Å². The second-order valence-corrected chi connectivity index (χ2v) is 4.41. The number of hydrogen-bond donors (Lipinski definition) is 2. The van der Waals surface area contributed by atoms with Crippen molar-refractivity contribution >= 4 is 21.8 Å². The summed E-state index contributed by atoms with van der Waals surface area (Å²) in [4.78, 5) is 11.2. The lowest BCUT2D eigenvalue weighted by Crippen LogP contribution is -2.28. The smallest absolute Gasteiger partial charge is 0.252 e. The maximum absolute atomic E-state index is 11.2. The van der Waals surface area contributed by atoms with Crippen molar-refractivity contribution < 1.29 is 4.79 Å². The molecule has 0 aliphatic carbocycles. The Kier molecular flexibility index (Phi) is 3.10. The Morgan fingerprint density at radius 2 is 1.94 bits per heavy atom. The lowest BCUT2D eigenvalue weighted by atomic mass is 10.2. The van der Waals surface area contributed by atoms with Gasteiger partial charge in [-0.2, -0.15) is 0 Å². The molecular weight excluding hydrogens is 282 g/mol. The summed E-state index contributed by atoms with van der Waals surface area (Å²) in [6.45, 7) is 0. The van der Waals surface area contributed by atoms with Gasteiger partial charge in [0.25, 0.3) is 5.91 Å². The van der Waals surface area contributed by atoms with Crippen LogP contribution in [0, 0.1) is 5.41 Å². The average molecular weight is 292 g/mol. The van der Waals surface area contributed by atoms with E-state index in [1.807, 2.05) is 30.3 Å². The largest absolute Gasteiger partial charge is 0.365 e. The SMILES string of the molecule is N=c1c(C(N)=O)cc(Br)cn1-c1ccccc1. The number of rotatable bonds is 2. The summed E-state index contributed by atoms with van der Waals surface area (Å²) in [7, 11) is 0. The predicted molar refractivity (Wildman–Crippen MR) is 67.8 cm³/mol. The molecule has 0 aliphatic rings. The van der Waals surface area contributed by atoms with Crippen molar-refractivity contribution in [2.45, 2.75) is 0 Å². The van der Waals surface area contributed by atoms with Gasteiger partial charge >= 0.3 is 0 Å². The fourth-order valence-corrected chi connectivity index (χ4v) is 1.97. The lowest BCUT2D eigenvalue weighted by Gasteiger charge is -2.09. The molecule has 3 N–H and O–H groups in total. The number of hydrogen-bond acceptors (Lipinski definition) is 2. The third-order valence-electron chi connectivity index (χ3n) is 2.33. The van der Waals surface area contributed by atoms with Gasteiger partial charge in [-0.1, -0.05) is 18.2 Å². The zero-order valence-electron chi connectivity index (χ0n) is 8.85. The molecule has 17 heavy (non-hydrogen) atoms. The molecular formula is C12H10BrN3O. The van der Waals surface area contributed by atoms with Crippen LogP contribution in [-0.4, -0.2) is 10.5 Å². The Morgan fingerprint density at radius 3 is 2.53 bits per heavy atom. The second-order valence-electron chi connectivity index (χ2n) is 3.49. The lowest BCUT2D eigenvalue weighted by molar-refractivity contribution is 0.0998. The summed E-state index contributed by atoms with van der Waals surface area (Å²) in [5.41, 5.74) is 6.30. The van der Waals surface area contributed by atoms with Gasteiger partial charge in [0.15, 0.2) is 0 Å². The molecule has 0 atom stereocenters. The Bertz CT molecular complexity index is 619. The number of carbonyl (C=O) groups is 1. The summed E-state index contributed by atoms with van der Waals surface area (Å²) in [5.74, 6) is -0.610. The molecule has 0 fully saturated rings. The van der Waals surface area contributed by atoms with Crippen LogP contribution in [0.1, 0.15) is 10.4 Å². The van der Waals surface area contributed by atoms with Crippen LogP contribution in [0.15, 0.2) is 47.1 Å². The van der Waals surface area contributed by atoms with Crippen molar-refractivity contribution in [2.24, 2.45) is 5.73 Å². The summed E-state index contributed by atoms with van der Waals surface area (Å²) < 4.78 is 2.30. The minimum atomic E-state index is -0.610. The van der Waals surface area contributed by atoms with Gasteiger partial charge in [0.1, 0.15) is 5.49 Å². The number of nitrogens with one attached hydrogen (secondary N) is 1. The van der Waals surface area contributed by atoms with Gasteiger partial charge in [-0.3, -0.25) is 10.2 Å². The number of benzene rings is 1. The molecule has 1 heterocycles. The first-order valence-corrected chi connectivity index (χ1v) is 5.71. The van der Waals surface area contributed by atoms with E-state index in [1.165, 1.54) is 0 Å². The molecule has 0 radical (unpaired) electrons. The Labute approximate surface area is 106 Å². The van der Waals surface area contributed by atoms with Crippen LogP contribution in [0.5, 0.6) is 0 Å². The van der Waals surface area contributed by atoms with Crippen molar-refractivity contribution in [3.63, 3.8) is 0 Å². The van der Waals surface area contributed by atoms with Crippen molar-refractivity contribution in [3.05, 3.63) is 58.1 Å². The van der Waals surface area contributed by atoms with Gasteiger partial charge in [0.2, 0.25) is 0 Å². The summed E-state index contributed by atoms with van der Waals surface area (Å²) >= 11 is 3.30. The second kappa shape index (κ2) is 4.55. The molecule has 86 valence electrons. The first-order valence-electron chi connectivity index (χ1n) is 4.91. The molecule has 0 bridgehead atoms. The third kappa shape index (κ3) is 2.29. The van der Waals surface area contributed by atoms with Crippen LogP contribution in [0.25, 0.3) is 5.69 Å². The van der Waals surface area contributed by atoms with E-state index in [1.54, 1.807) is 16.8 Å². The van der Waals surface area contributed by atoms with Gasteiger partial charge < -0.3 is 10.3 Å². The number of nitrogens with zero attached hydrogens (tertiary/aromatic N) is 1. The van der Waals surface area contributed by atoms with Gasteiger partial charge in [0.05, 0.1) is 5.56 Å². The van der Waals surface area contributed by atoms with E-state index in [4.69, 9.17) is 11.1 Å². The molecule has 0 saturated heterocycles. The van der Waals surface area contributed by atoms with Gasteiger partial charge in [-0.25, -0.2) is 0 Å². The molecule has 0 unspecified atom stereocenters. The van der Waals surface area contributed by atoms with E-state index in [0.717, 1.165) is 5.69 Å². The van der Waals surface area contributed by atoms with Crippen molar-refractivity contribution in [1.29, 1.82) is 5.41 Å². The Hall–Kier alpha value is -1.88. The molecule has 0 aliphatic heterocycles. The van der Waals surface area contributed by atoms with Crippen molar-refractivity contribution in [2.75, 3.05) is 0 Å². The highest BCUT2D eigenvalue weighted by atomic mass is 79.9. The fraction of sp³-hybridized carbons (Fsp3) is 0. The van der Waals surface area contributed by atoms with E-state index in [-0.39, 0.29) is 11.1 Å². The number of para-hydroxylation sites is 1. The molecule has 5 heteroatoms. The quantitative estimate of drug-likeness (QED) is 0.870. The highest BCUT2D eigenvalue weighted by molar-refractivity contribution is 9.10. The molecule has 2 aromatic rings. The maximum atomic E-state index is 11.2. The van der Waals surface area contributed by atoms with Gasteiger partial charge in [-0.05, 0) is 34.1 Å². The highest BCUT2D eigenvalue weighted by Crippen LogP contribution is 2.12.